The molecule has 0 radical (unpaired) electrons. The van der Waals surface area contributed by atoms with Gasteiger partial charge in [0.05, 0.1) is 0 Å². The van der Waals surface area contributed by atoms with Crippen molar-refractivity contribution in [3.63, 3.8) is 0 Å². The lowest BCUT2D eigenvalue weighted by Crippen LogP contribution is -2.53. The molecule has 1 aliphatic carbocycles. The van der Waals surface area contributed by atoms with E-state index in [1.807, 2.05) is 0 Å². The first-order valence-corrected chi connectivity index (χ1v) is 8.80. The normalized spacial score (nSPS) is 33.4. The summed E-state index contributed by atoms with van der Waals surface area (Å²) in [5.74, 6) is 1.50. The summed E-state index contributed by atoms with van der Waals surface area (Å²) in [6.45, 7) is 17.1. The van der Waals surface area contributed by atoms with Crippen molar-refractivity contribution in [1.82, 2.24) is 9.80 Å². The van der Waals surface area contributed by atoms with Gasteiger partial charge in [-0.15, -0.1) is 0 Å². The molecule has 0 N–H and O–H groups in total. The first kappa shape index (κ1) is 17.0. The fraction of sp³-hybridized carbons (Fsp3) is 0.944. The van der Waals surface area contributed by atoms with Crippen molar-refractivity contribution in [2.24, 2.45) is 17.3 Å². The van der Waals surface area contributed by atoms with E-state index in [9.17, 15) is 4.79 Å². The fourth-order valence-electron chi connectivity index (χ4n) is 4.09. The molecule has 3 nitrogen and oxygen atoms in total. The zero-order valence-corrected chi connectivity index (χ0v) is 14.7. The zero-order valence-electron chi connectivity index (χ0n) is 14.7. The summed E-state index contributed by atoms with van der Waals surface area (Å²) in [6.07, 6.45) is 3.00. The molecule has 0 aromatic rings. The molecular weight excluding hydrogens is 260 g/mol. The van der Waals surface area contributed by atoms with Crippen LogP contribution in [-0.4, -0.2) is 54.3 Å². The molecule has 1 aliphatic heterocycles. The van der Waals surface area contributed by atoms with Crippen molar-refractivity contribution in [1.29, 1.82) is 0 Å². The number of nitrogens with zero attached hydrogens (tertiary/aromatic N) is 2. The standard InChI is InChI=1S/C18H34N2O/c1-6-20-10-9-19(12-14(20)2)13-15-11-16(18(3,4)5)7-8-17(15)21/h14-16H,6-13H2,1-5H3. The maximum absolute atomic E-state index is 12.3. The summed E-state index contributed by atoms with van der Waals surface area (Å²) < 4.78 is 0. The number of Topliss-reactive ketones (excluding diaryl/α,β-unsaturated/α-hetero) is 1. The third-order valence-corrected chi connectivity index (χ3v) is 5.72. The number of rotatable bonds is 3. The van der Waals surface area contributed by atoms with Gasteiger partial charge in [-0.2, -0.15) is 0 Å². The summed E-state index contributed by atoms with van der Waals surface area (Å²) >= 11 is 0. The van der Waals surface area contributed by atoms with Crippen molar-refractivity contribution in [2.75, 3.05) is 32.7 Å². The van der Waals surface area contributed by atoms with Crippen LogP contribution in [0.1, 0.15) is 53.9 Å². The monoisotopic (exact) mass is 294 g/mol. The molecule has 0 spiro atoms. The summed E-state index contributed by atoms with van der Waals surface area (Å²) in [4.78, 5) is 17.4. The van der Waals surface area contributed by atoms with Crippen molar-refractivity contribution in [2.45, 2.75) is 59.9 Å². The molecule has 2 fully saturated rings. The Bertz CT molecular complexity index is 361. The summed E-state index contributed by atoms with van der Waals surface area (Å²) in [5, 5.41) is 0. The van der Waals surface area contributed by atoms with Gasteiger partial charge in [-0.05, 0) is 37.6 Å². The molecule has 3 atom stereocenters. The van der Waals surface area contributed by atoms with Crippen molar-refractivity contribution < 1.29 is 4.79 Å². The largest absolute Gasteiger partial charge is 0.300 e. The molecule has 0 bridgehead atoms. The van der Waals surface area contributed by atoms with Crippen molar-refractivity contribution in [3.8, 4) is 0 Å². The van der Waals surface area contributed by atoms with Gasteiger partial charge in [0.1, 0.15) is 5.78 Å². The molecule has 1 saturated heterocycles. The van der Waals surface area contributed by atoms with E-state index in [2.05, 4.69) is 44.4 Å². The number of carbonyl (C=O) groups excluding carboxylic acids is 1. The summed E-state index contributed by atoms with van der Waals surface area (Å²) in [7, 11) is 0. The lowest BCUT2D eigenvalue weighted by molar-refractivity contribution is -0.127. The van der Waals surface area contributed by atoms with Crippen molar-refractivity contribution in [3.05, 3.63) is 0 Å². The number of likely N-dealkylation sites (N-methyl/N-ethyl adjacent to an activating group) is 1. The summed E-state index contributed by atoms with van der Waals surface area (Å²) in [6, 6.07) is 0.626. The molecular formula is C18H34N2O. The average molecular weight is 294 g/mol. The third kappa shape index (κ3) is 4.29. The van der Waals surface area contributed by atoms with Gasteiger partial charge in [0.2, 0.25) is 0 Å². The Morgan fingerprint density at radius 2 is 1.95 bits per heavy atom. The predicted molar refractivity (Wildman–Crippen MR) is 88.4 cm³/mol. The maximum atomic E-state index is 12.3. The quantitative estimate of drug-likeness (QED) is 0.799. The zero-order chi connectivity index (χ0) is 15.6. The van der Waals surface area contributed by atoms with Crippen LogP contribution in [0.4, 0.5) is 0 Å². The van der Waals surface area contributed by atoms with Crippen LogP contribution in [0, 0.1) is 17.3 Å². The third-order valence-electron chi connectivity index (χ3n) is 5.72. The van der Waals surface area contributed by atoms with Crippen molar-refractivity contribution >= 4 is 5.78 Å². The molecule has 2 aliphatic rings. The Morgan fingerprint density at radius 3 is 2.52 bits per heavy atom. The minimum atomic E-state index is 0.281. The van der Waals surface area contributed by atoms with Crippen LogP contribution in [0.5, 0.6) is 0 Å². The van der Waals surface area contributed by atoms with Gasteiger partial charge < -0.3 is 0 Å². The van der Waals surface area contributed by atoms with E-state index >= 15 is 0 Å². The van der Waals surface area contributed by atoms with Crippen LogP contribution < -0.4 is 0 Å². The number of ketones is 1. The molecule has 0 aromatic heterocycles. The smallest absolute Gasteiger partial charge is 0.137 e. The average Bonchev–Trinajstić information content (AvgIpc) is 2.40. The van der Waals surface area contributed by atoms with Crippen LogP contribution in [0.25, 0.3) is 0 Å². The minimum Gasteiger partial charge on any atom is -0.300 e. The second-order valence-corrected chi connectivity index (χ2v) is 8.24. The van der Waals surface area contributed by atoms with Gasteiger partial charge >= 0.3 is 0 Å². The highest BCUT2D eigenvalue weighted by Gasteiger charge is 2.36. The van der Waals surface area contributed by atoms with Crippen LogP contribution in [0.15, 0.2) is 0 Å². The predicted octanol–water partition coefficient (Wildman–Crippen LogP) is 3.04. The van der Waals surface area contributed by atoms with Crippen LogP contribution in [0.3, 0.4) is 0 Å². The van der Waals surface area contributed by atoms with E-state index in [4.69, 9.17) is 0 Å². The lowest BCUT2D eigenvalue weighted by Gasteiger charge is -2.42. The molecule has 21 heavy (non-hydrogen) atoms. The Hall–Kier alpha value is -0.410. The van der Waals surface area contributed by atoms with Gasteiger partial charge in [0.25, 0.3) is 0 Å². The number of hydrogen-bond acceptors (Lipinski definition) is 3. The highest BCUT2D eigenvalue weighted by atomic mass is 16.1. The van der Waals surface area contributed by atoms with Gasteiger partial charge in [-0.25, -0.2) is 0 Å². The molecule has 2 rings (SSSR count). The molecule has 0 aromatic carbocycles. The van der Waals surface area contributed by atoms with Gasteiger partial charge in [0.15, 0.2) is 0 Å². The number of carbonyl (C=O) groups is 1. The highest BCUT2D eigenvalue weighted by molar-refractivity contribution is 5.82. The van der Waals surface area contributed by atoms with E-state index in [1.54, 1.807) is 0 Å². The van der Waals surface area contributed by atoms with Crippen LogP contribution in [-0.2, 0) is 4.79 Å². The van der Waals surface area contributed by atoms with E-state index in [0.717, 1.165) is 52.0 Å². The van der Waals surface area contributed by atoms with Crippen LogP contribution in [0.2, 0.25) is 0 Å². The highest BCUT2D eigenvalue weighted by Crippen LogP contribution is 2.39. The topological polar surface area (TPSA) is 23.6 Å². The number of hydrogen-bond donors (Lipinski definition) is 0. The molecule has 122 valence electrons. The Balaban J connectivity index is 1.90. The van der Waals surface area contributed by atoms with E-state index in [1.165, 1.54) is 0 Å². The SMILES string of the molecule is CCN1CCN(CC2CC(C(C)(C)C)CCC2=O)CC1C. The van der Waals surface area contributed by atoms with E-state index in [0.29, 0.717) is 23.2 Å². The first-order chi connectivity index (χ1) is 9.81. The first-order valence-electron chi connectivity index (χ1n) is 8.80. The van der Waals surface area contributed by atoms with Crippen LogP contribution >= 0.6 is 0 Å². The van der Waals surface area contributed by atoms with E-state index in [-0.39, 0.29) is 5.92 Å². The Labute approximate surface area is 131 Å². The Kier molecular flexibility index (Phi) is 5.48. The maximum Gasteiger partial charge on any atom is 0.137 e. The van der Waals surface area contributed by atoms with E-state index < -0.39 is 0 Å². The molecule has 1 heterocycles. The second kappa shape index (κ2) is 6.78. The Morgan fingerprint density at radius 1 is 1.24 bits per heavy atom. The molecule has 3 heteroatoms. The van der Waals surface area contributed by atoms with Gasteiger partial charge in [-0.3, -0.25) is 14.6 Å². The minimum absolute atomic E-state index is 0.281. The molecule has 0 amide bonds. The summed E-state index contributed by atoms with van der Waals surface area (Å²) in [5.41, 5.74) is 0.340. The molecule has 1 saturated carbocycles. The molecule has 3 unspecified atom stereocenters. The van der Waals surface area contributed by atoms with Gasteiger partial charge in [0, 0.05) is 44.6 Å². The number of piperazine rings is 1. The lowest BCUT2D eigenvalue weighted by atomic mass is 9.68. The second-order valence-electron chi connectivity index (χ2n) is 8.24. The van der Waals surface area contributed by atoms with Gasteiger partial charge in [-0.1, -0.05) is 27.7 Å². The fourth-order valence-corrected chi connectivity index (χ4v) is 4.09.